The highest BCUT2D eigenvalue weighted by molar-refractivity contribution is 6.31. The summed E-state index contributed by atoms with van der Waals surface area (Å²) >= 11 is 6.04. The Balaban J connectivity index is 2.12. The smallest absolute Gasteiger partial charge is 0.323 e. The lowest BCUT2D eigenvalue weighted by molar-refractivity contribution is 0.262. The number of halogens is 1. The normalized spacial score (nSPS) is 10.1. The van der Waals surface area contributed by atoms with Gasteiger partial charge in [-0.15, -0.1) is 0 Å². The second-order valence-corrected chi connectivity index (χ2v) is 5.15. The van der Waals surface area contributed by atoms with Crippen LogP contribution < -0.4 is 15.4 Å². The maximum absolute atomic E-state index is 12.0. The molecule has 0 aliphatic heterocycles. The van der Waals surface area contributed by atoms with Crippen LogP contribution in [0.15, 0.2) is 36.4 Å². The van der Waals surface area contributed by atoms with Gasteiger partial charge >= 0.3 is 6.03 Å². The number of rotatable bonds is 3. The van der Waals surface area contributed by atoms with Crippen molar-refractivity contribution in [2.75, 3.05) is 17.7 Å². The van der Waals surface area contributed by atoms with Gasteiger partial charge in [-0.2, -0.15) is 0 Å². The monoisotopic (exact) mass is 304 g/mol. The molecule has 0 radical (unpaired) electrons. The van der Waals surface area contributed by atoms with Crippen molar-refractivity contribution in [1.29, 1.82) is 0 Å². The number of aryl methyl sites for hydroxylation is 2. The fourth-order valence-corrected chi connectivity index (χ4v) is 2.01. The van der Waals surface area contributed by atoms with E-state index in [0.717, 1.165) is 16.8 Å². The minimum atomic E-state index is -0.334. The van der Waals surface area contributed by atoms with E-state index in [0.29, 0.717) is 16.5 Å². The Morgan fingerprint density at radius 3 is 2.38 bits per heavy atom. The number of nitrogens with one attached hydrogen (secondary N) is 2. The number of carbonyl (C=O) groups excluding carboxylic acids is 1. The maximum atomic E-state index is 12.0. The number of methoxy groups -OCH3 is 1. The van der Waals surface area contributed by atoms with E-state index >= 15 is 0 Å². The van der Waals surface area contributed by atoms with E-state index in [-0.39, 0.29) is 6.03 Å². The molecular formula is C16H17ClN2O2. The Morgan fingerprint density at radius 1 is 1.10 bits per heavy atom. The number of anilines is 2. The van der Waals surface area contributed by atoms with E-state index in [1.54, 1.807) is 12.1 Å². The SMILES string of the molecule is COc1cc(Cl)c(C)cc1NC(=O)Nc1ccc(C)cc1. The molecule has 2 aromatic rings. The van der Waals surface area contributed by atoms with Gasteiger partial charge in [-0.25, -0.2) is 4.79 Å². The van der Waals surface area contributed by atoms with Gasteiger partial charge in [0.1, 0.15) is 5.75 Å². The Bertz CT molecular complexity index is 654. The fraction of sp³-hybridized carbons (Fsp3) is 0.188. The molecule has 2 rings (SSSR count). The first-order valence-electron chi connectivity index (χ1n) is 6.48. The van der Waals surface area contributed by atoms with Crippen LogP contribution in [-0.2, 0) is 0 Å². The van der Waals surface area contributed by atoms with Crippen molar-refractivity contribution in [2.45, 2.75) is 13.8 Å². The van der Waals surface area contributed by atoms with Gasteiger partial charge in [0, 0.05) is 16.8 Å². The lowest BCUT2D eigenvalue weighted by Gasteiger charge is -2.13. The minimum absolute atomic E-state index is 0.334. The first-order chi connectivity index (χ1) is 9.99. The summed E-state index contributed by atoms with van der Waals surface area (Å²) in [6.07, 6.45) is 0. The van der Waals surface area contributed by atoms with Gasteiger partial charge in [-0.1, -0.05) is 29.3 Å². The summed E-state index contributed by atoms with van der Waals surface area (Å²) in [6.45, 7) is 3.86. The minimum Gasteiger partial charge on any atom is -0.495 e. The van der Waals surface area contributed by atoms with E-state index in [2.05, 4.69) is 10.6 Å². The predicted octanol–water partition coefficient (Wildman–Crippen LogP) is 4.61. The molecule has 2 amide bonds. The second-order valence-electron chi connectivity index (χ2n) is 4.75. The summed E-state index contributed by atoms with van der Waals surface area (Å²) < 4.78 is 5.22. The van der Waals surface area contributed by atoms with Gasteiger partial charge in [0.2, 0.25) is 0 Å². The molecule has 0 aliphatic rings. The number of ether oxygens (including phenoxy) is 1. The molecule has 0 aliphatic carbocycles. The van der Waals surface area contributed by atoms with Crippen molar-refractivity contribution in [3.63, 3.8) is 0 Å². The Labute approximate surface area is 129 Å². The molecule has 0 heterocycles. The summed E-state index contributed by atoms with van der Waals surface area (Å²) in [4.78, 5) is 12.0. The predicted molar refractivity (Wildman–Crippen MR) is 86.6 cm³/mol. The third kappa shape index (κ3) is 3.89. The molecule has 110 valence electrons. The van der Waals surface area contributed by atoms with Gasteiger partial charge in [-0.3, -0.25) is 0 Å². The van der Waals surface area contributed by atoms with Gasteiger partial charge < -0.3 is 15.4 Å². The number of benzene rings is 2. The van der Waals surface area contributed by atoms with E-state index in [9.17, 15) is 4.79 Å². The van der Waals surface area contributed by atoms with Crippen molar-refractivity contribution in [3.8, 4) is 5.75 Å². The fourth-order valence-electron chi connectivity index (χ4n) is 1.85. The zero-order valence-electron chi connectivity index (χ0n) is 12.2. The average Bonchev–Trinajstić information content (AvgIpc) is 2.45. The van der Waals surface area contributed by atoms with Gasteiger partial charge in [0.15, 0.2) is 0 Å². The molecule has 0 saturated carbocycles. The summed E-state index contributed by atoms with van der Waals surface area (Å²) in [5.74, 6) is 0.518. The number of carbonyl (C=O) groups is 1. The molecule has 0 unspecified atom stereocenters. The molecule has 4 nitrogen and oxygen atoms in total. The first-order valence-corrected chi connectivity index (χ1v) is 6.86. The molecular weight excluding hydrogens is 288 g/mol. The molecule has 0 bridgehead atoms. The van der Waals surface area contributed by atoms with E-state index in [4.69, 9.17) is 16.3 Å². The second kappa shape index (κ2) is 6.50. The van der Waals surface area contributed by atoms with Crippen molar-refractivity contribution in [1.82, 2.24) is 0 Å². The molecule has 0 spiro atoms. The summed E-state index contributed by atoms with van der Waals surface area (Å²) in [6, 6.07) is 10.7. The van der Waals surface area contributed by atoms with Crippen LogP contribution in [0.1, 0.15) is 11.1 Å². The van der Waals surface area contributed by atoms with Gasteiger partial charge in [0.25, 0.3) is 0 Å². The van der Waals surface area contributed by atoms with Crippen molar-refractivity contribution >= 4 is 29.0 Å². The Kier molecular flexibility index (Phi) is 4.70. The number of hydrogen-bond acceptors (Lipinski definition) is 2. The van der Waals surface area contributed by atoms with Crippen LogP contribution in [0.5, 0.6) is 5.75 Å². The molecule has 2 aromatic carbocycles. The number of hydrogen-bond donors (Lipinski definition) is 2. The standard InChI is InChI=1S/C16H17ClN2O2/c1-10-4-6-12(7-5-10)18-16(20)19-14-8-11(2)13(17)9-15(14)21-3/h4-9H,1-3H3,(H2,18,19,20). The van der Waals surface area contributed by atoms with Crippen LogP contribution in [0, 0.1) is 13.8 Å². The molecule has 0 aromatic heterocycles. The topological polar surface area (TPSA) is 50.4 Å². The van der Waals surface area contributed by atoms with Gasteiger partial charge in [0.05, 0.1) is 12.8 Å². The third-order valence-corrected chi connectivity index (χ3v) is 3.45. The molecule has 0 atom stereocenters. The van der Waals surface area contributed by atoms with Crippen LogP contribution in [0.2, 0.25) is 5.02 Å². The van der Waals surface area contributed by atoms with Crippen LogP contribution in [-0.4, -0.2) is 13.1 Å². The van der Waals surface area contributed by atoms with Crippen LogP contribution in [0.4, 0.5) is 16.2 Å². The van der Waals surface area contributed by atoms with E-state index < -0.39 is 0 Å². The van der Waals surface area contributed by atoms with Crippen molar-refractivity contribution < 1.29 is 9.53 Å². The summed E-state index contributed by atoms with van der Waals surface area (Å²) in [5, 5.41) is 6.12. The zero-order valence-corrected chi connectivity index (χ0v) is 12.9. The number of amides is 2. The first kappa shape index (κ1) is 15.2. The summed E-state index contributed by atoms with van der Waals surface area (Å²) in [5.41, 5.74) is 3.30. The highest BCUT2D eigenvalue weighted by Crippen LogP contribution is 2.31. The average molecular weight is 305 g/mol. The lowest BCUT2D eigenvalue weighted by Crippen LogP contribution is -2.19. The van der Waals surface area contributed by atoms with Crippen LogP contribution in [0.25, 0.3) is 0 Å². The molecule has 0 fully saturated rings. The molecule has 0 saturated heterocycles. The highest BCUT2D eigenvalue weighted by Gasteiger charge is 2.10. The Hall–Kier alpha value is -2.20. The summed E-state index contributed by atoms with van der Waals surface area (Å²) in [7, 11) is 1.53. The largest absolute Gasteiger partial charge is 0.495 e. The van der Waals surface area contributed by atoms with E-state index in [1.807, 2.05) is 38.1 Å². The lowest BCUT2D eigenvalue weighted by atomic mass is 10.2. The molecule has 2 N–H and O–H groups in total. The highest BCUT2D eigenvalue weighted by atomic mass is 35.5. The zero-order chi connectivity index (χ0) is 15.4. The Morgan fingerprint density at radius 2 is 1.76 bits per heavy atom. The van der Waals surface area contributed by atoms with Crippen molar-refractivity contribution in [2.24, 2.45) is 0 Å². The van der Waals surface area contributed by atoms with E-state index in [1.165, 1.54) is 7.11 Å². The van der Waals surface area contributed by atoms with Crippen LogP contribution in [0.3, 0.4) is 0 Å². The molecule has 5 heteroatoms. The molecule has 21 heavy (non-hydrogen) atoms. The van der Waals surface area contributed by atoms with Crippen LogP contribution >= 0.6 is 11.6 Å². The quantitative estimate of drug-likeness (QED) is 0.870. The van der Waals surface area contributed by atoms with Gasteiger partial charge in [-0.05, 0) is 37.6 Å². The van der Waals surface area contributed by atoms with Crippen molar-refractivity contribution in [3.05, 3.63) is 52.5 Å². The third-order valence-electron chi connectivity index (χ3n) is 3.04. The number of urea groups is 1. The maximum Gasteiger partial charge on any atom is 0.323 e.